The summed E-state index contributed by atoms with van der Waals surface area (Å²) in [6.07, 6.45) is 3.06. The molecule has 0 aliphatic heterocycles. The van der Waals surface area contributed by atoms with E-state index >= 15 is 0 Å². The van der Waals surface area contributed by atoms with Gasteiger partial charge in [-0.15, -0.1) is 0 Å². The Balaban J connectivity index is 2.42. The van der Waals surface area contributed by atoms with Crippen LogP contribution in [0.15, 0.2) is 30.3 Å². The first kappa shape index (κ1) is 14.8. The average Bonchev–Trinajstić information content (AvgIpc) is 2.92. The van der Waals surface area contributed by atoms with E-state index in [0.29, 0.717) is 6.04 Å². The predicted molar refractivity (Wildman–Crippen MR) is 84.4 cm³/mol. The largest absolute Gasteiger partial charge is 0.313 e. The van der Waals surface area contributed by atoms with Crippen molar-refractivity contribution in [3.63, 3.8) is 0 Å². The maximum atomic E-state index is 4.72. The molecule has 2 rings (SSSR count). The standard InChI is InChI=1S/C17H25N3/c1-5-14-12-15(6-2)20(19-14)16-10-8-9-13(11-16)17(7-3)18-4/h8-12,17-18H,5-7H2,1-4H3. The van der Waals surface area contributed by atoms with Crippen LogP contribution in [0.1, 0.15) is 50.2 Å². The number of aromatic nitrogens is 2. The average molecular weight is 271 g/mol. The predicted octanol–water partition coefficient (Wildman–Crippen LogP) is 3.67. The van der Waals surface area contributed by atoms with Gasteiger partial charge in [0.25, 0.3) is 0 Å². The fraction of sp³-hybridized carbons (Fsp3) is 0.471. The summed E-state index contributed by atoms with van der Waals surface area (Å²) in [5.41, 5.74) is 4.92. The molecule has 3 heteroatoms. The van der Waals surface area contributed by atoms with E-state index in [9.17, 15) is 0 Å². The lowest BCUT2D eigenvalue weighted by Crippen LogP contribution is -2.15. The Bertz CT molecular complexity index is 553. The lowest BCUT2D eigenvalue weighted by atomic mass is 10.0. The molecule has 1 atom stereocenters. The summed E-state index contributed by atoms with van der Waals surface area (Å²) < 4.78 is 2.09. The molecule has 0 saturated heterocycles. The highest BCUT2D eigenvalue weighted by atomic mass is 15.3. The first-order valence-electron chi connectivity index (χ1n) is 7.58. The molecule has 0 spiro atoms. The van der Waals surface area contributed by atoms with Gasteiger partial charge in [-0.2, -0.15) is 5.10 Å². The summed E-state index contributed by atoms with van der Waals surface area (Å²) in [7, 11) is 2.02. The van der Waals surface area contributed by atoms with Crippen LogP contribution in [-0.4, -0.2) is 16.8 Å². The molecule has 1 unspecified atom stereocenters. The molecule has 0 amide bonds. The summed E-state index contributed by atoms with van der Waals surface area (Å²) >= 11 is 0. The number of nitrogens with one attached hydrogen (secondary N) is 1. The molecule has 0 bridgehead atoms. The first-order chi connectivity index (χ1) is 9.73. The third-order valence-electron chi connectivity index (χ3n) is 3.83. The summed E-state index contributed by atoms with van der Waals surface area (Å²) in [5, 5.41) is 8.08. The lowest BCUT2D eigenvalue weighted by Gasteiger charge is -2.16. The van der Waals surface area contributed by atoms with Gasteiger partial charge in [-0.3, -0.25) is 0 Å². The van der Waals surface area contributed by atoms with Crippen molar-refractivity contribution < 1.29 is 0 Å². The van der Waals surface area contributed by atoms with Crippen molar-refractivity contribution in [3.8, 4) is 5.69 Å². The van der Waals surface area contributed by atoms with Crippen LogP contribution in [0, 0.1) is 0 Å². The minimum Gasteiger partial charge on any atom is -0.313 e. The van der Waals surface area contributed by atoms with Gasteiger partial charge in [0, 0.05) is 11.7 Å². The topological polar surface area (TPSA) is 29.9 Å². The Labute approximate surface area is 122 Å². The van der Waals surface area contributed by atoms with Gasteiger partial charge in [-0.1, -0.05) is 32.9 Å². The summed E-state index contributed by atoms with van der Waals surface area (Å²) in [6.45, 7) is 6.53. The molecule has 0 aliphatic carbocycles. The third kappa shape index (κ3) is 2.93. The molecule has 108 valence electrons. The molecule has 0 aliphatic rings. The molecule has 1 N–H and O–H groups in total. The quantitative estimate of drug-likeness (QED) is 0.869. The van der Waals surface area contributed by atoms with E-state index in [1.165, 1.54) is 11.3 Å². The van der Waals surface area contributed by atoms with Gasteiger partial charge in [0.05, 0.1) is 11.4 Å². The molecule has 20 heavy (non-hydrogen) atoms. The second-order valence-corrected chi connectivity index (χ2v) is 5.09. The van der Waals surface area contributed by atoms with Crippen LogP contribution in [0.25, 0.3) is 5.69 Å². The second-order valence-electron chi connectivity index (χ2n) is 5.09. The molecule has 2 aromatic rings. The number of nitrogens with zero attached hydrogens (tertiary/aromatic N) is 2. The molecule has 1 aromatic carbocycles. The number of rotatable bonds is 6. The van der Waals surface area contributed by atoms with Crippen LogP contribution < -0.4 is 5.32 Å². The lowest BCUT2D eigenvalue weighted by molar-refractivity contribution is 0.576. The normalized spacial score (nSPS) is 12.6. The minimum atomic E-state index is 0.404. The summed E-state index contributed by atoms with van der Waals surface area (Å²) in [6, 6.07) is 11.3. The van der Waals surface area contributed by atoms with E-state index in [1.807, 2.05) is 7.05 Å². The van der Waals surface area contributed by atoms with Crippen LogP contribution >= 0.6 is 0 Å². The second kappa shape index (κ2) is 6.71. The van der Waals surface area contributed by atoms with Crippen molar-refractivity contribution in [3.05, 3.63) is 47.3 Å². The Kier molecular flexibility index (Phi) is 4.96. The zero-order valence-electron chi connectivity index (χ0n) is 13.0. The van der Waals surface area contributed by atoms with Gasteiger partial charge < -0.3 is 5.32 Å². The van der Waals surface area contributed by atoms with E-state index in [0.717, 1.165) is 30.6 Å². The zero-order chi connectivity index (χ0) is 14.5. The minimum absolute atomic E-state index is 0.404. The summed E-state index contributed by atoms with van der Waals surface area (Å²) in [5.74, 6) is 0. The maximum Gasteiger partial charge on any atom is 0.0652 e. The van der Waals surface area contributed by atoms with Crippen LogP contribution in [-0.2, 0) is 12.8 Å². The molecule has 0 radical (unpaired) electrons. The van der Waals surface area contributed by atoms with E-state index in [4.69, 9.17) is 5.10 Å². The van der Waals surface area contributed by atoms with E-state index < -0.39 is 0 Å². The Morgan fingerprint density at radius 2 is 1.95 bits per heavy atom. The van der Waals surface area contributed by atoms with Crippen molar-refractivity contribution >= 4 is 0 Å². The first-order valence-corrected chi connectivity index (χ1v) is 7.58. The Morgan fingerprint density at radius 1 is 1.15 bits per heavy atom. The number of hydrogen-bond acceptors (Lipinski definition) is 2. The number of aryl methyl sites for hydroxylation is 2. The van der Waals surface area contributed by atoms with Crippen molar-refractivity contribution in [2.75, 3.05) is 7.05 Å². The van der Waals surface area contributed by atoms with E-state index in [1.54, 1.807) is 0 Å². The molecular formula is C17H25N3. The molecule has 3 nitrogen and oxygen atoms in total. The maximum absolute atomic E-state index is 4.72. The number of benzene rings is 1. The van der Waals surface area contributed by atoms with Crippen molar-refractivity contribution in [2.45, 2.75) is 46.1 Å². The van der Waals surface area contributed by atoms with Crippen LogP contribution in [0.4, 0.5) is 0 Å². The van der Waals surface area contributed by atoms with Gasteiger partial charge in [0.1, 0.15) is 0 Å². The molecular weight excluding hydrogens is 246 g/mol. The Morgan fingerprint density at radius 3 is 2.55 bits per heavy atom. The molecule has 0 saturated carbocycles. The van der Waals surface area contributed by atoms with Crippen LogP contribution in [0.2, 0.25) is 0 Å². The Hall–Kier alpha value is -1.61. The van der Waals surface area contributed by atoms with Crippen LogP contribution in [0.5, 0.6) is 0 Å². The molecule has 0 fully saturated rings. The third-order valence-corrected chi connectivity index (χ3v) is 3.83. The van der Waals surface area contributed by atoms with Gasteiger partial charge >= 0.3 is 0 Å². The van der Waals surface area contributed by atoms with E-state index in [2.05, 4.69) is 61.1 Å². The highest BCUT2D eigenvalue weighted by molar-refractivity contribution is 5.38. The molecule has 1 aromatic heterocycles. The van der Waals surface area contributed by atoms with Gasteiger partial charge in [-0.25, -0.2) is 4.68 Å². The number of hydrogen-bond donors (Lipinski definition) is 1. The van der Waals surface area contributed by atoms with Crippen molar-refractivity contribution in [1.29, 1.82) is 0 Å². The van der Waals surface area contributed by atoms with Gasteiger partial charge in [-0.05, 0) is 50.1 Å². The molecule has 1 heterocycles. The monoisotopic (exact) mass is 271 g/mol. The van der Waals surface area contributed by atoms with Crippen molar-refractivity contribution in [1.82, 2.24) is 15.1 Å². The smallest absolute Gasteiger partial charge is 0.0652 e. The van der Waals surface area contributed by atoms with Crippen molar-refractivity contribution in [2.24, 2.45) is 0 Å². The highest BCUT2D eigenvalue weighted by Crippen LogP contribution is 2.21. The van der Waals surface area contributed by atoms with Crippen LogP contribution in [0.3, 0.4) is 0 Å². The SMILES string of the molecule is CCc1cc(CC)n(-c2cccc(C(CC)NC)c2)n1. The fourth-order valence-electron chi connectivity index (χ4n) is 2.60. The van der Waals surface area contributed by atoms with E-state index in [-0.39, 0.29) is 0 Å². The fourth-order valence-corrected chi connectivity index (χ4v) is 2.60. The highest BCUT2D eigenvalue weighted by Gasteiger charge is 2.10. The van der Waals surface area contributed by atoms with Gasteiger partial charge in [0.15, 0.2) is 0 Å². The summed E-state index contributed by atoms with van der Waals surface area (Å²) in [4.78, 5) is 0. The zero-order valence-corrected chi connectivity index (χ0v) is 13.0. The van der Waals surface area contributed by atoms with Gasteiger partial charge in [0.2, 0.25) is 0 Å².